The largest absolute Gasteiger partial charge is 0.398 e. The van der Waals surface area contributed by atoms with Crippen LogP contribution >= 0.6 is 11.6 Å². The lowest BCUT2D eigenvalue weighted by Gasteiger charge is -2.12. The van der Waals surface area contributed by atoms with Gasteiger partial charge in [-0.25, -0.2) is 13.1 Å². The van der Waals surface area contributed by atoms with Gasteiger partial charge < -0.3 is 5.73 Å². The lowest BCUT2D eigenvalue weighted by atomic mass is 10.1. The Morgan fingerprint density at radius 2 is 2.05 bits per heavy atom. The van der Waals surface area contributed by atoms with E-state index in [1.165, 1.54) is 6.07 Å². The van der Waals surface area contributed by atoms with Gasteiger partial charge in [-0.2, -0.15) is 0 Å². The van der Waals surface area contributed by atoms with Gasteiger partial charge in [-0.3, -0.25) is 0 Å². The molecule has 6 heteroatoms. The van der Waals surface area contributed by atoms with Gasteiger partial charge >= 0.3 is 0 Å². The number of anilines is 1. The van der Waals surface area contributed by atoms with Crippen molar-refractivity contribution in [2.24, 2.45) is 11.3 Å². The summed E-state index contributed by atoms with van der Waals surface area (Å²) in [6.07, 6.45) is 1.05. The summed E-state index contributed by atoms with van der Waals surface area (Å²) < 4.78 is 27.2. The molecule has 1 aliphatic carbocycles. The first kappa shape index (κ1) is 14.6. The zero-order valence-electron chi connectivity index (χ0n) is 11.3. The van der Waals surface area contributed by atoms with Crippen LogP contribution in [-0.2, 0) is 10.0 Å². The molecule has 0 saturated heterocycles. The molecule has 1 saturated carbocycles. The first-order chi connectivity index (χ1) is 8.63. The third-order valence-electron chi connectivity index (χ3n) is 3.89. The Morgan fingerprint density at radius 3 is 2.58 bits per heavy atom. The standard InChI is InChI=1S/C13H19ClN2O2S/c1-8-11(15)4-10(14)5-12(8)19(17,18)16-7-9-6-13(9,2)3/h4-5,9,16H,6-7,15H2,1-3H3. The third kappa shape index (κ3) is 3.04. The van der Waals surface area contributed by atoms with Crippen LogP contribution in [0.4, 0.5) is 5.69 Å². The highest BCUT2D eigenvalue weighted by atomic mass is 35.5. The fourth-order valence-corrected chi connectivity index (χ4v) is 3.84. The van der Waals surface area contributed by atoms with E-state index in [4.69, 9.17) is 17.3 Å². The highest BCUT2D eigenvalue weighted by molar-refractivity contribution is 7.89. The molecule has 1 aliphatic rings. The summed E-state index contributed by atoms with van der Waals surface area (Å²) in [5, 5.41) is 0.329. The van der Waals surface area contributed by atoms with Crippen LogP contribution in [-0.4, -0.2) is 15.0 Å². The van der Waals surface area contributed by atoms with E-state index in [1.807, 2.05) is 0 Å². The molecule has 1 aromatic rings. The number of nitrogens with two attached hydrogens (primary N) is 1. The molecule has 106 valence electrons. The van der Waals surface area contributed by atoms with Gasteiger partial charge in [0.1, 0.15) is 0 Å². The van der Waals surface area contributed by atoms with E-state index in [2.05, 4.69) is 18.6 Å². The minimum Gasteiger partial charge on any atom is -0.398 e. The van der Waals surface area contributed by atoms with E-state index in [0.717, 1.165) is 6.42 Å². The first-order valence-electron chi connectivity index (χ1n) is 6.19. The maximum Gasteiger partial charge on any atom is 0.240 e. The van der Waals surface area contributed by atoms with Crippen molar-refractivity contribution in [2.45, 2.75) is 32.1 Å². The zero-order valence-corrected chi connectivity index (χ0v) is 12.9. The van der Waals surface area contributed by atoms with Crippen molar-refractivity contribution in [3.05, 3.63) is 22.7 Å². The molecular formula is C13H19ClN2O2S. The quantitative estimate of drug-likeness (QED) is 0.840. The predicted molar refractivity (Wildman–Crippen MR) is 77.7 cm³/mol. The average Bonchev–Trinajstić information content (AvgIpc) is 2.89. The summed E-state index contributed by atoms with van der Waals surface area (Å²) in [6, 6.07) is 2.99. The minimum atomic E-state index is -3.56. The van der Waals surface area contributed by atoms with Crippen molar-refractivity contribution in [3.8, 4) is 0 Å². The summed E-state index contributed by atoms with van der Waals surface area (Å²) in [5.41, 5.74) is 6.92. The normalized spacial score (nSPS) is 21.4. The summed E-state index contributed by atoms with van der Waals surface area (Å²) in [6.45, 7) is 6.41. The molecule has 1 atom stereocenters. The van der Waals surface area contributed by atoms with Crippen molar-refractivity contribution in [3.63, 3.8) is 0 Å². The van der Waals surface area contributed by atoms with Gasteiger partial charge in [0, 0.05) is 17.3 Å². The molecule has 1 unspecified atom stereocenters. The molecule has 0 radical (unpaired) electrons. The van der Waals surface area contributed by atoms with Crippen LogP contribution in [0.3, 0.4) is 0 Å². The molecule has 1 fully saturated rings. The van der Waals surface area contributed by atoms with Crippen LogP contribution < -0.4 is 10.5 Å². The topological polar surface area (TPSA) is 72.2 Å². The van der Waals surface area contributed by atoms with Crippen molar-refractivity contribution >= 4 is 27.3 Å². The van der Waals surface area contributed by atoms with Crippen LogP contribution in [0.5, 0.6) is 0 Å². The number of benzene rings is 1. The molecule has 19 heavy (non-hydrogen) atoms. The van der Waals surface area contributed by atoms with Gasteiger partial charge in [0.05, 0.1) is 4.90 Å². The molecule has 1 aromatic carbocycles. The Balaban J connectivity index is 2.20. The zero-order chi connectivity index (χ0) is 14.4. The number of sulfonamides is 1. The minimum absolute atomic E-state index is 0.163. The second-order valence-corrected chi connectivity index (χ2v) is 8.03. The Kier molecular flexibility index (Phi) is 3.58. The summed E-state index contributed by atoms with van der Waals surface area (Å²) in [4.78, 5) is 0.163. The van der Waals surface area contributed by atoms with Crippen LogP contribution in [0, 0.1) is 18.3 Å². The highest BCUT2D eigenvalue weighted by Crippen LogP contribution is 2.51. The van der Waals surface area contributed by atoms with E-state index >= 15 is 0 Å². The number of hydrogen-bond acceptors (Lipinski definition) is 3. The third-order valence-corrected chi connectivity index (χ3v) is 5.66. The highest BCUT2D eigenvalue weighted by Gasteiger charge is 2.45. The van der Waals surface area contributed by atoms with E-state index < -0.39 is 10.0 Å². The van der Waals surface area contributed by atoms with Gasteiger partial charge in [-0.05, 0) is 42.4 Å². The Labute approximate surface area is 119 Å². The second kappa shape index (κ2) is 4.65. The van der Waals surface area contributed by atoms with Crippen LogP contribution in [0.1, 0.15) is 25.8 Å². The van der Waals surface area contributed by atoms with Gasteiger partial charge in [-0.15, -0.1) is 0 Å². The molecule has 0 aliphatic heterocycles. The Bertz CT molecular complexity index is 611. The van der Waals surface area contributed by atoms with Gasteiger partial charge in [-0.1, -0.05) is 25.4 Å². The number of rotatable bonds is 4. The maximum atomic E-state index is 12.3. The van der Waals surface area contributed by atoms with Crippen LogP contribution in [0.2, 0.25) is 5.02 Å². The molecular weight excluding hydrogens is 284 g/mol. The summed E-state index contributed by atoms with van der Waals surface area (Å²) in [5.74, 6) is 0.402. The number of hydrogen-bond donors (Lipinski definition) is 2. The maximum absolute atomic E-state index is 12.3. The lowest BCUT2D eigenvalue weighted by molar-refractivity contribution is 0.537. The lowest BCUT2D eigenvalue weighted by Crippen LogP contribution is -2.27. The fourth-order valence-electron chi connectivity index (χ4n) is 2.17. The molecule has 3 N–H and O–H groups in total. The molecule has 0 aromatic heterocycles. The second-order valence-electron chi connectivity index (χ2n) is 5.86. The first-order valence-corrected chi connectivity index (χ1v) is 8.05. The molecule has 0 amide bonds. The van der Waals surface area contributed by atoms with E-state index in [9.17, 15) is 8.42 Å². The van der Waals surface area contributed by atoms with Crippen LogP contribution in [0.25, 0.3) is 0 Å². The van der Waals surface area contributed by atoms with E-state index in [-0.39, 0.29) is 10.3 Å². The van der Waals surface area contributed by atoms with Crippen molar-refractivity contribution in [1.29, 1.82) is 0 Å². The number of nitrogen functional groups attached to an aromatic ring is 1. The predicted octanol–water partition coefficient (Wildman–Crippen LogP) is 2.56. The molecule has 0 heterocycles. The summed E-state index contributed by atoms with van der Waals surface area (Å²) >= 11 is 5.88. The fraction of sp³-hybridized carbons (Fsp3) is 0.538. The SMILES string of the molecule is Cc1c(N)cc(Cl)cc1S(=O)(=O)NCC1CC1(C)C. The van der Waals surface area contributed by atoms with Crippen molar-refractivity contribution in [2.75, 3.05) is 12.3 Å². The molecule has 4 nitrogen and oxygen atoms in total. The Hall–Kier alpha value is -0.780. The van der Waals surface area contributed by atoms with E-state index in [0.29, 0.717) is 28.7 Å². The number of halogens is 1. The average molecular weight is 303 g/mol. The summed E-state index contributed by atoms with van der Waals surface area (Å²) in [7, 11) is -3.56. The van der Waals surface area contributed by atoms with Crippen molar-refractivity contribution < 1.29 is 8.42 Å². The van der Waals surface area contributed by atoms with Gasteiger partial charge in [0.15, 0.2) is 0 Å². The smallest absolute Gasteiger partial charge is 0.240 e. The Morgan fingerprint density at radius 1 is 1.47 bits per heavy atom. The van der Waals surface area contributed by atoms with Crippen LogP contribution in [0.15, 0.2) is 17.0 Å². The molecule has 2 rings (SSSR count). The van der Waals surface area contributed by atoms with E-state index in [1.54, 1.807) is 13.0 Å². The number of nitrogens with one attached hydrogen (secondary N) is 1. The van der Waals surface area contributed by atoms with Gasteiger partial charge in [0.2, 0.25) is 10.0 Å². The molecule has 0 spiro atoms. The van der Waals surface area contributed by atoms with Gasteiger partial charge in [0.25, 0.3) is 0 Å². The van der Waals surface area contributed by atoms with Crippen molar-refractivity contribution in [1.82, 2.24) is 4.72 Å². The monoisotopic (exact) mass is 302 g/mol. The molecule has 0 bridgehead atoms.